The molecule has 1 atom stereocenters. The lowest BCUT2D eigenvalue weighted by Gasteiger charge is -1.97. The van der Waals surface area contributed by atoms with Crippen molar-refractivity contribution < 1.29 is 5.11 Å². The molecule has 0 amide bonds. The second-order valence-electron chi connectivity index (χ2n) is 1.44. The molecule has 1 radical (unpaired) electrons. The Labute approximate surface area is 44.4 Å². The number of hydrogen-bond donors (Lipinski definition) is 1. The van der Waals surface area contributed by atoms with Crippen molar-refractivity contribution >= 4 is 0 Å². The highest BCUT2D eigenvalue weighted by Gasteiger charge is 1.93. The Morgan fingerprint density at radius 2 is 2.43 bits per heavy atom. The van der Waals surface area contributed by atoms with Gasteiger partial charge in [0.25, 0.3) is 0 Å². The van der Waals surface area contributed by atoms with Crippen LogP contribution < -0.4 is 0 Å². The minimum atomic E-state index is -0.350. The maximum absolute atomic E-state index is 8.68. The molecule has 39 valence electrons. The van der Waals surface area contributed by atoms with E-state index < -0.39 is 0 Å². The average molecular weight is 97.1 g/mol. The minimum absolute atomic E-state index is 0.350. The standard InChI is InChI=1S/C6H9O/c1-3-5-6(7)4-2/h6-7H,4-5H2,2H3. The monoisotopic (exact) mass is 97.1 g/mol. The van der Waals surface area contributed by atoms with Crippen molar-refractivity contribution in [2.24, 2.45) is 0 Å². The van der Waals surface area contributed by atoms with Crippen LogP contribution >= 0.6 is 0 Å². The molecule has 1 nitrogen and oxygen atoms in total. The fraction of sp³-hybridized carbons (Fsp3) is 0.667. The molecule has 0 spiro atoms. The predicted molar refractivity (Wildman–Crippen MR) is 28.0 cm³/mol. The topological polar surface area (TPSA) is 20.2 Å². The van der Waals surface area contributed by atoms with Crippen molar-refractivity contribution in [3.8, 4) is 5.92 Å². The van der Waals surface area contributed by atoms with Crippen LogP contribution in [0.3, 0.4) is 0 Å². The summed E-state index contributed by atoms with van der Waals surface area (Å²) in [4.78, 5) is 0. The van der Waals surface area contributed by atoms with Crippen LogP contribution in [0.25, 0.3) is 0 Å². The molecular weight excluding hydrogens is 88.1 g/mol. The van der Waals surface area contributed by atoms with Crippen LogP contribution in [-0.2, 0) is 0 Å². The first-order chi connectivity index (χ1) is 3.31. The maximum atomic E-state index is 8.68. The molecule has 0 saturated carbocycles. The van der Waals surface area contributed by atoms with Gasteiger partial charge in [-0.1, -0.05) is 12.8 Å². The van der Waals surface area contributed by atoms with Gasteiger partial charge in [0, 0.05) is 6.42 Å². The van der Waals surface area contributed by atoms with E-state index in [1.165, 1.54) is 0 Å². The second kappa shape index (κ2) is 3.70. The van der Waals surface area contributed by atoms with Gasteiger partial charge in [-0.05, 0) is 12.8 Å². The van der Waals surface area contributed by atoms with Gasteiger partial charge in [0.1, 0.15) is 0 Å². The maximum Gasteiger partial charge on any atom is 0.0647 e. The van der Waals surface area contributed by atoms with Crippen molar-refractivity contribution in [2.45, 2.75) is 25.9 Å². The van der Waals surface area contributed by atoms with Crippen LogP contribution in [0.15, 0.2) is 0 Å². The van der Waals surface area contributed by atoms with Crippen molar-refractivity contribution in [2.75, 3.05) is 0 Å². The molecule has 7 heavy (non-hydrogen) atoms. The number of aliphatic hydroxyl groups is 1. The van der Waals surface area contributed by atoms with Gasteiger partial charge in [-0.2, -0.15) is 0 Å². The molecule has 0 aliphatic heterocycles. The summed E-state index contributed by atoms with van der Waals surface area (Å²) >= 11 is 0. The smallest absolute Gasteiger partial charge is 0.0647 e. The molecule has 0 saturated heterocycles. The van der Waals surface area contributed by atoms with Gasteiger partial charge in [-0.3, -0.25) is 0 Å². The highest BCUT2D eigenvalue weighted by atomic mass is 16.3. The van der Waals surface area contributed by atoms with Gasteiger partial charge in [-0.15, -0.1) is 0 Å². The summed E-state index contributed by atoms with van der Waals surface area (Å²) in [6.45, 7) is 1.88. The summed E-state index contributed by atoms with van der Waals surface area (Å²) in [6.07, 6.45) is 7.16. The van der Waals surface area contributed by atoms with Crippen LogP contribution in [0.5, 0.6) is 0 Å². The molecule has 1 heteroatoms. The molecule has 0 aromatic carbocycles. The average Bonchev–Trinajstić information content (AvgIpc) is 1.68. The van der Waals surface area contributed by atoms with Gasteiger partial charge in [0.15, 0.2) is 0 Å². The first-order valence-electron chi connectivity index (χ1n) is 2.39. The molecule has 0 heterocycles. The number of rotatable bonds is 2. The fourth-order valence-corrected chi connectivity index (χ4v) is 0.262. The Bertz CT molecular complexity index is 70.7. The van der Waals surface area contributed by atoms with Crippen molar-refractivity contribution in [1.82, 2.24) is 0 Å². The van der Waals surface area contributed by atoms with E-state index in [0.29, 0.717) is 12.8 Å². The second-order valence-corrected chi connectivity index (χ2v) is 1.44. The summed E-state index contributed by atoms with van der Waals surface area (Å²) in [6, 6.07) is 0. The molecule has 0 aromatic heterocycles. The highest BCUT2D eigenvalue weighted by molar-refractivity contribution is 4.78. The SMILES string of the molecule is [C]#CCC(O)CC. The Balaban J connectivity index is 3.03. The summed E-state index contributed by atoms with van der Waals surface area (Å²) < 4.78 is 0. The summed E-state index contributed by atoms with van der Waals surface area (Å²) in [7, 11) is 0. The Hall–Kier alpha value is -0.480. The third-order valence-corrected chi connectivity index (χ3v) is 0.809. The fourth-order valence-electron chi connectivity index (χ4n) is 0.262. The first-order valence-corrected chi connectivity index (χ1v) is 2.39. The van der Waals surface area contributed by atoms with E-state index >= 15 is 0 Å². The van der Waals surface area contributed by atoms with E-state index in [1.807, 2.05) is 6.92 Å². The Morgan fingerprint density at radius 3 is 2.57 bits per heavy atom. The van der Waals surface area contributed by atoms with Gasteiger partial charge < -0.3 is 5.11 Å². The van der Waals surface area contributed by atoms with Crippen LogP contribution in [0, 0.1) is 12.3 Å². The quantitative estimate of drug-likeness (QED) is 0.504. The van der Waals surface area contributed by atoms with Crippen molar-refractivity contribution in [1.29, 1.82) is 0 Å². The lowest BCUT2D eigenvalue weighted by molar-refractivity contribution is 0.176. The van der Waals surface area contributed by atoms with E-state index in [-0.39, 0.29) is 6.10 Å². The van der Waals surface area contributed by atoms with Crippen LogP contribution in [-0.4, -0.2) is 11.2 Å². The van der Waals surface area contributed by atoms with Crippen LogP contribution in [0.1, 0.15) is 19.8 Å². The molecule has 0 rings (SSSR count). The minimum Gasteiger partial charge on any atom is -0.392 e. The molecule has 0 bridgehead atoms. The van der Waals surface area contributed by atoms with Crippen LogP contribution in [0.4, 0.5) is 0 Å². The lowest BCUT2D eigenvalue weighted by Crippen LogP contribution is -2.00. The lowest BCUT2D eigenvalue weighted by atomic mass is 10.2. The Morgan fingerprint density at radius 1 is 1.86 bits per heavy atom. The third kappa shape index (κ3) is 3.35. The molecular formula is C6H9O. The van der Waals surface area contributed by atoms with Gasteiger partial charge in [-0.25, -0.2) is 0 Å². The molecule has 0 fully saturated rings. The zero-order valence-electron chi connectivity index (χ0n) is 4.44. The summed E-state index contributed by atoms with van der Waals surface area (Å²) in [5, 5.41) is 8.68. The molecule has 0 aliphatic rings. The first kappa shape index (κ1) is 6.52. The van der Waals surface area contributed by atoms with Crippen molar-refractivity contribution in [3.05, 3.63) is 6.42 Å². The molecule has 1 unspecified atom stereocenters. The molecule has 0 aromatic rings. The summed E-state index contributed by atoms with van der Waals surface area (Å²) in [5.41, 5.74) is 0. The zero-order chi connectivity index (χ0) is 5.70. The van der Waals surface area contributed by atoms with E-state index in [2.05, 4.69) is 5.92 Å². The number of aliphatic hydroxyl groups excluding tert-OH is 1. The summed E-state index contributed by atoms with van der Waals surface area (Å²) in [5.74, 6) is 2.12. The third-order valence-electron chi connectivity index (χ3n) is 0.809. The predicted octanol–water partition coefficient (Wildman–Crippen LogP) is 0.737. The van der Waals surface area contributed by atoms with Gasteiger partial charge in [0.05, 0.1) is 6.10 Å². The molecule has 0 aliphatic carbocycles. The van der Waals surface area contributed by atoms with E-state index in [4.69, 9.17) is 11.5 Å². The van der Waals surface area contributed by atoms with Gasteiger partial charge in [0.2, 0.25) is 0 Å². The van der Waals surface area contributed by atoms with Crippen LogP contribution in [0.2, 0.25) is 0 Å². The van der Waals surface area contributed by atoms with E-state index in [1.54, 1.807) is 0 Å². The zero-order valence-corrected chi connectivity index (χ0v) is 4.44. The van der Waals surface area contributed by atoms with E-state index in [9.17, 15) is 0 Å². The largest absolute Gasteiger partial charge is 0.392 e. The van der Waals surface area contributed by atoms with Gasteiger partial charge >= 0.3 is 0 Å². The molecule has 1 N–H and O–H groups in total. The Kier molecular flexibility index (Phi) is 3.45. The number of hydrogen-bond acceptors (Lipinski definition) is 1. The normalized spacial score (nSPS) is 12.7. The highest BCUT2D eigenvalue weighted by Crippen LogP contribution is 1.92. The van der Waals surface area contributed by atoms with E-state index in [0.717, 1.165) is 0 Å². The van der Waals surface area contributed by atoms with Crippen molar-refractivity contribution in [3.63, 3.8) is 0 Å².